The molecule has 2 heterocycles. The number of benzene rings is 2. The van der Waals surface area contributed by atoms with Gasteiger partial charge < -0.3 is 30.3 Å². The molecule has 1 aliphatic heterocycles. The first-order valence-corrected chi connectivity index (χ1v) is 12.9. The Kier molecular flexibility index (Phi) is 8.88. The third-order valence-corrected chi connectivity index (χ3v) is 6.57. The number of carbonyl (C=O) groups is 2. The second kappa shape index (κ2) is 12.5. The van der Waals surface area contributed by atoms with Crippen LogP contribution in [0.25, 0.3) is 0 Å². The molecule has 0 bridgehead atoms. The van der Waals surface area contributed by atoms with Crippen LogP contribution in [0.5, 0.6) is 11.5 Å². The monoisotopic (exact) mass is 532 g/mol. The van der Waals surface area contributed by atoms with E-state index in [0.717, 1.165) is 41.5 Å². The molecule has 2 amide bonds. The number of ether oxygens (including phenoxy) is 2. The third kappa shape index (κ3) is 7.17. The number of methoxy groups -OCH3 is 2. The number of hydrogen-bond donors (Lipinski definition) is 4. The van der Waals surface area contributed by atoms with Crippen molar-refractivity contribution in [2.24, 2.45) is 0 Å². The normalized spacial score (nSPS) is 16.9. The number of nitrogens with zero attached hydrogens (tertiary/aromatic N) is 2. The lowest BCUT2D eigenvalue weighted by atomic mass is 10.1. The van der Waals surface area contributed by atoms with Gasteiger partial charge in [0.05, 0.1) is 31.2 Å². The summed E-state index contributed by atoms with van der Waals surface area (Å²) in [5.41, 5.74) is 3.54. The van der Waals surface area contributed by atoms with Crippen LogP contribution in [0.3, 0.4) is 0 Å². The molecule has 1 fully saturated rings. The van der Waals surface area contributed by atoms with Gasteiger partial charge in [0.15, 0.2) is 0 Å². The molecule has 0 aliphatic carbocycles. The van der Waals surface area contributed by atoms with Crippen molar-refractivity contribution in [3.8, 4) is 11.5 Å². The van der Waals surface area contributed by atoms with E-state index in [-0.39, 0.29) is 11.8 Å². The number of hydrogen-bond acceptors (Lipinski definition) is 7. The van der Waals surface area contributed by atoms with Crippen LogP contribution in [0, 0.1) is 0 Å². The summed E-state index contributed by atoms with van der Waals surface area (Å²) in [7, 11) is 3.24. The van der Waals surface area contributed by atoms with E-state index in [2.05, 4.69) is 51.5 Å². The Labute approximate surface area is 228 Å². The lowest BCUT2D eigenvalue weighted by Gasteiger charge is -2.38. The number of carbonyl (C=O) groups excluding carboxylic acids is 2. The van der Waals surface area contributed by atoms with Crippen molar-refractivity contribution in [1.82, 2.24) is 15.5 Å². The van der Waals surface area contributed by atoms with Crippen molar-refractivity contribution in [3.63, 3.8) is 0 Å². The van der Waals surface area contributed by atoms with E-state index in [9.17, 15) is 9.59 Å². The van der Waals surface area contributed by atoms with Gasteiger partial charge in [0.1, 0.15) is 17.3 Å². The fraction of sp³-hybridized carbons (Fsp3) is 0.345. The molecule has 1 saturated heterocycles. The first kappa shape index (κ1) is 27.7. The second-order valence-corrected chi connectivity index (χ2v) is 9.75. The average molecular weight is 533 g/mol. The van der Waals surface area contributed by atoms with Crippen LogP contribution >= 0.6 is 0 Å². The maximum Gasteiger partial charge on any atom is 0.258 e. The summed E-state index contributed by atoms with van der Waals surface area (Å²) in [4.78, 5) is 27.6. The van der Waals surface area contributed by atoms with Crippen LogP contribution in [-0.2, 0) is 17.6 Å². The highest BCUT2D eigenvalue weighted by Crippen LogP contribution is 2.27. The zero-order chi connectivity index (χ0) is 27.9. The van der Waals surface area contributed by atoms with Crippen LogP contribution in [0.15, 0.2) is 55.1 Å². The summed E-state index contributed by atoms with van der Waals surface area (Å²) in [5, 5.41) is 16.4. The molecule has 39 heavy (non-hydrogen) atoms. The summed E-state index contributed by atoms with van der Waals surface area (Å²) in [6, 6.07) is 13.7. The Hall–Kier alpha value is -4.31. The number of piperazine rings is 1. The molecule has 2 atom stereocenters. The minimum Gasteiger partial charge on any atom is -0.497 e. The Morgan fingerprint density at radius 2 is 1.72 bits per heavy atom. The Balaban J connectivity index is 1.47. The highest BCUT2D eigenvalue weighted by Gasteiger charge is 2.23. The van der Waals surface area contributed by atoms with Crippen molar-refractivity contribution in [1.29, 1.82) is 0 Å². The fourth-order valence-electron chi connectivity index (χ4n) is 4.78. The molecule has 1 aromatic heterocycles. The van der Waals surface area contributed by atoms with Crippen LogP contribution in [0.4, 0.5) is 17.2 Å². The van der Waals surface area contributed by atoms with Crippen molar-refractivity contribution in [2.45, 2.75) is 38.8 Å². The summed E-state index contributed by atoms with van der Waals surface area (Å²) >= 11 is 0. The van der Waals surface area contributed by atoms with Gasteiger partial charge in [-0.15, -0.1) is 0 Å². The van der Waals surface area contributed by atoms with E-state index in [1.807, 2.05) is 30.3 Å². The number of amides is 2. The molecule has 0 radical (unpaired) electrons. The zero-order valence-electron chi connectivity index (χ0n) is 22.8. The smallest absolute Gasteiger partial charge is 0.258 e. The molecule has 0 saturated carbocycles. The number of H-pyrrole nitrogens is 1. The molecule has 10 nitrogen and oxygen atoms in total. The number of rotatable bonds is 10. The van der Waals surface area contributed by atoms with E-state index < -0.39 is 0 Å². The molecule has 0 unspecified atom stereocenters. The van der Waals surface area contributed by atoms with Crippen LogP contribution in [0.2, 0.25) is 0 Å². The molecule has 1 aliphatic rings. The highest BCUT2D eigenvalue weighted by molar-refractivity contribution is 6.11. The van der Waals surface area contributed by atoms with Gasteiger partial charge in [0.25, 0.3) is 5.91 Å². The van der Waals surface area contributed by atoms with Gasteiger partial charge in [0.2, 0.25) is 5.91 Å². The predicted octanol–water partition coefficient (Wildman–Crippen LogP) is 3.78. The molecule has 0 spiro atoms. The third-order valence-electron chi connectivity index (χ3n) is 6.57. The topological polar surface area (TPSA) is 121 Å². The lowest BCUT2D eigenvalue weighted by Crippen LogP contribution is -2.54. The first-order valence-electron chi connectivity index (χ1n) is 12.9. The van der Waals surface area contributed by atoms with Gasteiger partial charge in [0, 0.05) is 43.0 Å². The molecule has 4 N–H and O–H groups in total. The van der Waals surface area contributed by atoms with Crippen molar-refractivity contribution in [2.75, 3.05) is 42.8 Å². The van der Waals surface area contributed by atoms with E-state index in [1.54, 1.807) is 26.4 Å². The Morgan fingerprint density at radius 3 is 2.36 bits per heavy atom. The van der Waals surface area contributed by atoms with E-state index in [0.29, 0.717) is 42.0 Å². The quantitative estimate of drug-likeness (QED) is 0.293. The summed E-state index contributed by atoms with van der Waals surface area (Å²) < 4.78 is 10.7. The van der Waals surface area contributed by atoms with Crippen molar-refractivity contribution >= 4 is 29.0 Å². The molecule has 10 heteroatoms. The summed E-state index contributed by atoms with van der Waals surface area (Å²) in [5.74, 6) is 1.17. The van der Waals surface area contributed by atoms with Gasteiger partial charge in [-0.05, 0) is 68.7 Å². The number of aryl methyl sites for hydroxylation is 2. The molecule has 206 valence electrons. The van der Waals surface area contributed by atoms with Gasteiger partial charge >= 0.3 is 0 Å². The standard InChI is InChI=1S/C29H36N6O4/c1-6-28(36)31-26-14-22(35-16-18(2)30-19(3)17-35)9-10-25(26)29(37)32-27-13-21(33-34-27)8-7-20-11-23(38-4)15-24(12-20)39-5/h6,9-15,18-19,30H,1,7-8,16-17H2,2-5H3,(H,31,36)(H2,32,33,34,37)/t18-,19+. The predicted molar refractivity (Wildman–Crippen MR) is 153 cm³/mol. The Morgan fingerprint density at radius 1 is 1.03 bits per heavy atom. The molecular weight excluding hydrogens is 496 g/mol. The maximum atomic E-state index is 13.2. The maximum absolute atomic E-state index is 13.2. The van der Waals surface area contributed by atoms with Gasteiger partial charge in [-0.2, -0.15) is 5.10 Å². The number of anilines is 3. The largest absolute Gasteiger partial charge is 0.497 e. The van der Waals surface area contributed by atoms with Crippen molar-refractivity contribution in [3.05, 3.63) is 71.9 Å². The molecule has 4 rings (SSSR count). The summed E-state index contributed by atoms with van der Waals surface area (Å²) in [6.07, 6.45) is 2.55. The molecular formula is C29H36N6O4. The lowest BCUT2D eigenvalue weighted by molar-refractivity contribution is -0.111. The zero-order valence-corrected chi connectivity index (χ0v) is 22.8. The van der Waals surface area contributed by atoms with Gasteiger partial charge in [-0.3, -0.25) is 14.7 Å². The van der Waals surface area contributed by atoms with Crippen LogP contribution < -0.4 is 30.3 Å². The van der Waals surface area contributed by atoms with E-state index >= 15 is 0 Å². The van der Waals surface area contributed by atoms with Gasteiger partial charge in [-0.1, -0.05) is 6.58 Å². The van der Waals surface area contributed by atoms with Crippen molar-refractivity contribution < 1.29 is 19.1 Å². The summed E-state index contributed by atoms with van der Waals surface area (Å²) in [6.45, 7) is 9.45. The van der Waals surface area contributed by atoms with E-state index in [4.69, 9.17) is 9.47 Å². The second-order valence-electron chi connectivity index (χ2n) is 9.75. The number of aromatic nitrogens is 2. The van der Waals surface area contributed by atoms with Gasteiger partial charge in [-0.25, -0.2) is 0 Å². The number of nitrogens with one attached hydrogen (secondary N) is 4. The highest BCUT2D eigenvalue weighted by atomic mass is 16.5. The fourth-order valence-corrected chi connectivity index (χ4v) is 4.78. The molecule has 3 aromatic rings. The van der Waals surface area contributed by atoms with Crippen LogP contribution in [0.1, 0.15) is 35.5 Å². The number of aromatic amines is 1. The van der Waals surface area contributed by atoms with E-state index in [1.165, 1.54) is 6.08 Å². The molecule has 2 aromatic carbocycles. The minimum atomic E-state index is -0.388. The Bertz CT molecular complexity index is 1300. The van der Waals surface area contributed by atoms with Crippen LogP contribution in [-0.4, -0.2) is 61.4 Å². The average Bonchev–Trinajstić information content (AvgIpc) is 3.38. The first-order chi connectivity index (χ1) is 18.8. The minimum absolute atomic E-state index is 0.323. The SMILES string of the molecule is C=CC(=O)Nc1cc(N2C[C@@H](C)N[C@@H](C)C2)ccc1C(=O)Nc1cc(CCc2cc(OC)cc(OC)c2)n[nH]1.